The lowest BCUT2D eigenvalue weighted by atomic mass is 10.1. The summed E-state index contributed by atoms with van der Waals surface area (Å²) < 4.78 is 5.13. The second-order valence-electron chi connectivity index (χ2n) is 8.56. The Hall–Kier alpha value is -4.24. The van der Waals surface area contributed by atoms with Gasteiger partial charge in [-0.05, 0) is 72.8 Å². The normalized spacial score (nSPS) is 11.0. The van der Waals surface area contributed by atoms with Gasteiger partial charge in [-0.3, -0.25) is 14.4 Å². The van der Waals surface area contributed by atoms with Crippen molar-refractivity contribution in [3.8, 4) is 5.75 Å². The number of hydrogen-bond acceptors (Lipinski definition) is 5. The Morgan fingerprint density at radius 1 is 0.805 bits per heavy atom. The predicted molar refractivity (Wildman–Crippen MR) is 166 cm³/mol. The van der Waals surface area contributed by atoms with E-state index in [0.29, 0.717) is 38.3 Å². The molecule has 0 radical (unpaired) electrons. The van der Waals surface area contributed by atoms with E-state index in [4.69, 9.17) is 27.9 Å². The summed E-state index contributed by atoms with van der Waals surface area (Å²) in [5.74, 6) is -0.372. The lowest BCUT2D eigenvalue weighted by molar-refractivity contribution is -0.114. The molecule has 0 heterocycles. The van der Waals surface area contributed by atoms with Crippen molar-refractivity contribution in [1.29, 1.82) is 0 Å². The van der Waals surface area contributed by atoms with Gasteiger partial charge in [-0.15, -0.1) is 11.8 Å². The molecule has 3 N–H and O–H groups in total. The number of benzene rings is 4. The van der Waals surface area contributed by atoms with E-state index < -0.39 is 11.8 Å². The number of rotatable bonds is 10. The largest absolute Gasteiger partial charge is 0.497 e. The highest BCUT2D eigenvalue weighted by molar-refractivity contribution is 8.00. The fourth-order valence-corrected chi connectivity index (χ4v) is 4.88. The van der Waals surface area contributed by atoms with Crippen LogP contribution in [0.2, 0.25) is 10.0 Å². The van der Waals surface area contributed by atoms with E-state index in [1.807, 2.05) is 6.07 Å². The highest BCUT2D eigenvalue weighted by Gasteiger charge is 2.17. The molecule has 41 heavy (non-hydrogen) atoms. The number of carbonyl (C=O) groups is 3. The van der Waals surface area contributed by atoms with Gasteiger partial charge < -0.3 is 20.7 Å². The Morgan fingerprint density at radius 2 is 1.49 bits per heavy atom. The van der Waals surface area contributed by atoms with Crippen LogP contribution in [0.3, 0.4) is 0 Å². The number of nitrogens with one attached hydrogen (secondary N) is 3. The molecule has 4 rings (SSSR count). The first-order valence-corrected chi connectivity index (χ1v) is 14.1. The van der Waals surface area contributed by atoms with Gasteiger partial charge in [0, 0.05) is 37.4 Å². The average molecular weight is 607 g/mol. The van der Waals surface area contributed by atoms with Crippen LogP contribution in [-0.4, -0.2) is 30.6 Å². The zero-order valence-corrected chi connectivity index (χ0v) is 24.1. The Balaban J connectivity index is 1.46. The second-order valence-corrected chi connectivity index (χ2v) is 10.4. The molecule has 0 saturated heterocycles. The topological polar surface area (TPSA) is 96.5 Å². The minimum atomic E-state index is -0.579. The summed E-state index contributed by atoms with van der Waals surface area (Å²) >= 11 is 14.0. The van der Waals surface area contributed by atoms with Crippen molar-refractivity contribution in [1.82, 2.24) is 5.32 Å². The van der Waals surface area contributed by atoms with E-state index in [9.17, 15) is 14.4 Å². The lowest BCUT2D eigenvalue weighted by Crippen LogP contribution is -2.30. The molecule has 0 aromatic heterocycles. The van der Waals surface area contributed by atoms with Crippen LogP contribution in [0.25, 0.3) is 6.08 Å². The quantitative estimate of drug-likeness (QED) is 0.132. The summed E-state index contributed by atoms with van der Waals surface area (Å²) in [6.45, 7) is 0. The first kappa shape index (κ1) is 29.7. The van der Waals surface area contributed by atoms with E-state index >= 15 is 0 Å². The maximum absolute atomic E-state index is 13.4. The zero-order valence-electron chi connectivity index (χ0n) is 21.8. The number of ether oxygens (including phenoxy) is 1. The van der Waals surface area contributed by atoms with Gasteiger partial charge >= 0.3 is 0 Å². The van der Waals surface area contributed by atoms with Crippen LogP contribution in [-0.2, 0) is 9.59 Å². The number of halogens is 2. The molecule has 0 saturated carbocycles. The Morgan fingerprint density at radius 3 is 2.17 bits per heavy atom. The van der Waals surface area contributed by atoms with E-state index in [-0.39, 0.29) is 17.4 Å². The fraction of sp³-hybridized carbons (Fsp3) is 0.0645. The van der Waals surface area contributed by atoms with Gasteiger partial charge in [0.15, 0.2) is 0 Å². The smallest absolute Gasteiger partial charge is 0.272 e. The molecule has 0 aliphatic carbocycles. The van der Waals surface area contributed by atoms with Crippen molar-refractivity contribution in [2.24, 2.45) is 0 Å². The molecule has 4 aromatic carbocycles. The molecule has 0 aliphatic rings. The monoisotopic (exact) mass is 605 g/mol. The highest BCUT2D eigenvalue weighted by atomic mass is 35.5. The molecule has 0 unspecified atom stereocenters. The maximum atomic E-state index is 13.4. The number of hydrogen-bond donors (Lipinski definition) is 3. The summed E-state index contributed by atoms with van der Waals surface area (Å²) in [5, 5.41) is 8.95. The molecule has 4 aromatic rings. The minimum absolute atomic E-state index is 0.0502. The van der Waals surface area contributed by atoms with Gasteiger partial charge in [-0.25, -0.2) is 0 Å². The fourth-order valence-electron chi connectivity index (χ4n) is 3.62. The number of carbonyl (C=O) groups excluding carboxylic acids is 3. The Bertz CT molecular complexity index is 1560. The van der Waals surface area contributed by atoms with Crippen molar-refractivity contribution < 1.29 is 19.1 Å². The third-order valence-electron chi connectivity index (χ3n) is 5.65. The predicted octanol–water partition coefficient (Wildman–Crippen LogP) is 7.14. The standard InChI is InChI=1S/C31H25Cl2N3O4S/c1-40-23-15-13-21(14-16-23)34-29(37)19-41-24-10-5-9-22(17-24)35-31(39)28(18-25-26(32)11-6-12-27(25)33)36-30(38)20-7-3-2-4-8-20/h2-18H,19H2,1H3,(H,34,37)(H,35,39)(H,36,38)/b28-18+. The second kappa shape index (κ2) is 14.4. The molecule has 0 atom stereocenters. The molecule has 0 bridgehead atoms. The third-order valence-corrected chi connectivity index (χ3v) is 7.31. The minimum Gasteiger partial charge on any atom is -0.497 e. The van der Waals surface area contributed by atoms with Crippen LogP contribution in [0.15, 0.2) is 108 Å². The van der Waals surface area contributed by atoms with E-state index in [2.05, 4.69) is 16.0 Å². The summed E-state index contributed by atoms with van der Waals surface area (Å²) in [5.41, 5.74) is 1.85. The number of amides is 3. The molecular weight excluding hydrogens is 581 g/mol. The van der Waals surface area contributed by atoms with E-state index in [0.717, 1.165) is 4.90 Å². The van der Waals surface area contributed by atoms with Gasteiger partial charge in [0.1, 0.15) is 11.4 Å². The SMILES string of the molecule is COc1ccc(NC(=O)CSc2cccc(NC(=O)/C(=C\c3c(Cl)cccc3Cl)NC(=O)c3ccccc3)c2)cc1. The lowest BCUT2D eigenvalue weighted by Gasteiger charge is -2.13. The van der Waals surface area contributed by atoms with Crippen LogP contribution < -0.4 is 20.7 Å². The molecular formula is C31H25Cl2N3O4S. The van der Waals surface area contributed by atoms with Crippen molar-refractivity contribution in [2.45, 2.75) is 4.90 Å². The van der Waals surface area contributed by atoms with Gasteiger partial charge in [-0.1, -0.05) is 53.5 Å². The van der Waals surface area contributed by atoms with E-state index in [1.54, 1.807) is 98.1 Å². The molecule has 10 heteroatoms. The molecule has 0 fully saturated rings. The van der Waals surface area contributed by atoms with Gasteiger partial charge in [-0.2, -0.15) is 0 Å². The van der Waals surface area contributed by atoms with Gasteiger partial charge in [0.05, 0.1) is 12.9 Å². The maximum Gasteiger partial charge on any atom is 0.272 e. The molecule has 7 nitrogen and oxygen atoms in total. The van der Waals surface area contributed by atoms with Crippen LogP contribution in [0.1, 0.15) is 15.9 Å². The number of methoxy groups -OCH3 is 1. The number of thioether (sulfide) groups is 1. The van der Waals surface area contributed by atoms with Crippen LogP contribution in [0.5, 0.6) is 5.75 Å². The number of anilines is 2. The van der Waals surface area contributed by atoms with Crippen LogP contribution in [0, 0.1) is 0 Å². The summed E-state index contributed by atoms with van der Waals surface area (Å²) in [6, 6.07) is 27.6. The summed E-state index contributed by atoms with van der Waals surface area (Å²) in [6.07, 6.45) is 1.43. The molecule has 208 valence electrons. The van der Waals surface area contributed by atoms with Gasteiger partial charge in [0.2, 0.25) is 5.91 Å². The molecule has 0 aliphatic heterocycles. The van der Waals surface area contributed by atoms with Crippen molar-refractivity contribution in [3.63, 3.8) is 0 Å². The Labute approximate surface area is 251 Å². The van der Waals surface area contributed by atoms with E-state index in [1.165, 1.54) is 17.8 Å². The van der Waals surface area contributed by atoms with Crippen molar-refractivity contribution in [2.75, 3.05) is 23.5 Å². The average Bonchev–Trinajstić information content (AvgIpc) is 2.98. The van der Waals surface area contributed by atoms with Crippen LogP contribution >= 0.6 is 35.0 Å². The van der Waals surface area contributed by atoms with Crippen LogP contribution in [0.4, 0.5) is 11.4 Å². The Kier molecular flexibility index (Phi) is 10.5. The molecule has 3 amide bonds. The van der Waals surface area contributed by atoms with Crippen molar-refractivity contribution >= 4 is 70.1 Å². The first-order valence-electron chi connectivity index (χ1n) is 12.3. The first-order chi connectivity index (χ1) is 19.8. The van der Waals surface area contributed by atoms with Gasteiger partial charge in [0.25, 0.3) is 11.8 Å². The van der Waals surface area contributed by atoms with Crippen molar-refractivity contribution in [3.05, 3.63) is 124 Å². The summed E-state index contributed by atoms with van der Waals surface area (Å²) in [4.78, 5) is 39.5. The third kappa shape index (κ3) is 8.62. The summed E-state index contributed by atoms with van der Waals surface area (Å²) in [7, 11) is 1.58. The zero-order chi connectivity index (χ0) is 29.2. The highest BCUT2D eigenvalue weighted by Crippen LogP contribution is 2.27. The molecule has 0 spiro atoms.